The molecule has 1 heterocycles. The topological polar surface area (TPSA) is 32.5 Å². The van der Waals surface area contributed by atoms with Crippen LogP contribution < -0.4 is 10.6 Å². The van der Waals surface area contributed by atoms with Gasteiger partial charge in [-0.2, -0.15) is 0 Å². The highest BCUT2D eigenvalue weighted by atomic mass is 32.1. The molecule has 1 aliphatic rings. The molecule has 0 aromatic heterocycles. The zero-order valence-corrected chi connectivity index (χ0v) is 11.3. The van der Waals surface area contributed by atoms with Crippen LogP contribution in [0.3, 0.4) is 0 Å². The first-order chi connectivity index (χ1) is 8.58. The number of anilines is 1. The summed E-state index contributed by atoms with van der Waals surface area (Å²) < 4.78 is 14.1. The Kier molecular flexibility index (Phi) is 4.14. The molecule has 0 amide bonds. The Bertz CT molecular complexity index is 450. The number of likely N-dealkylation sites (N-methyl/N-ethyl adjacent to an activating group) is 1. The fourth-order valence-electron chi connectivity index (χ4n) is 2.20. The normalized spacial score (nSPS) is 17.6. The van der Waals surface area contributed by atoms with Crippen LogP contribution >= 0.6 is 12.2 Å². The van der Waals surface area contributed by atoms with Crippen molar-refractivity contribution in [1.82, 2.24) is 4.90 Å². The summed E-state index contributed by atoms with van der Waals surface area (Å²) in [5.41, 5.74) is 6.72. The average molecular weight is 267 g/mol. The van der Waals surface area contributed by atoms with Crippen LogP contribution in [0.15, 0.2) is 18.2 Å². The van der Waals surface area contributed by atoms with Crippen molar-refractivity contribution in [2.75, 3.05) is 38.1 Å². The molecule has 1 fully saturated rings. The third-order valence-corrected chi connectivity index (χ3v) is 3.53. The van der Waals surface area contributed by atoms with E-state index < -0.39 is 0 Å². The van der Waals surface area contributed by atoms with E-state index in [2.05, 4.69) is 16.8 Å². The third-order valence-electron chi connectivity index (χ3n) is 3.29. The number of nitrogens with zero attached hydrogens (tertiary/aromatic N) is 2. The number of nitrogens with two attached hydrogens (primary N) is 1. The summed E-state index contributed by atoms with van der Waals surface area (Å²) in [7, 11) is 2.09. The molecule has 0 unspecified atom stereocenters. The van der Waals surface area contributed by atoms with Crippen molar-refractivity contribution in [3.63, 3.8) is 0 Å². The molecule has 1 aliphatic heterocycles. The predicted octanol–water partition coefficient (Wildman–Crippen LogP) is 1.60. The van der Waals surface area contributed by atoms with Gasteiger partial charge in [-0.05, 0) is 38.2 Å². The van der Waals surface area contributed by atoms with Gasteiger partial charge in [-0.15, -0.1) is 0 Å². The van der Waals surface area contributed by atoms with Gasteiger partial charge >= 0.3 is 0 Å². The summed E-state index contributed by atoms with van der Waals surface area (Å²) in [5.74, 6) is -0.246. The van der Waals surface area contributed by atoms with E-state index in [0.29, 0.717) is 11.3 Å². The van der Waals surface area contributed by atoms with Crippen molar-refractivity contribution in [1.29, 1.82) is 0 Å². The second-order valence-corrected chi connectivity index (χ2v) is 5.11. The maximum absolute atomic E-state index is 14.1. The lowest BCUT2D eigenvalue weighted by atomic mass is 10.1. The fraction of sp³-hybridized carbons (Fsp3) is 0.462. The summed E-state index contributed by atoms with van der Waals surface area (Å²) in [6, 6.07) is 4.98. The Morgan fingerprint density at radius 2 is 2.06 bits per heavy atom. The van der Waals surface area contributed by atoms with Crippen molar-refractivity contribution >= 4 is 22.9 Å². The number of halogens is 1. The van der Waals surface area contributed by atoms with Gasteiger partial charge in [-0.1, -0.05) is 12.2 Å². The number of rotatable bonds is 2. The smallest absolute Gasteiger partial charge is 0.147 e. The fourth-order valence-corrected chi connectivity index (χ4v) is 2.33. The summed E-state index contributed by atoms with van der Waals surface area (Å²) in [6.07, 6.45) is 1.05. The summed E-state index contributed by atoms with van der Waals surface area (Å²) in [4.78, 5) is 4.58. The van der Waals surface area contributed by atoms with E-state index >= 15 is 0 Å². The predicted molar refractivity (Wildman–Crippen MR) is 76.6 cm³/mol. The first-order valence-corrected chi connectivity index (χ1v) is 6.51. The molecular weight excluding hydrogens is 249 g/mol. The van der Waals surface area contributed by atoms with Crippen LogP contribution in [0.1, 0.15) is 12.0 Å². The second kappa shape index (κ2) is 5.63. The molecule has 1 aromatic rings. The average Bonchev–Trinajstić information content (AvgIpc) is 2.54. The quantitative estimate of drug-likeness (QED) is 0.825. The van der Waals surface area contributed by atoms with Gasteiger partial charge < -0.3 is 15.5 Å². The van der Waals surface area contributed by atoms with Gasteiger partial charge in [0.2, 0.25) is 0 Å². The molecule has 3 nitrogen and oxygen atoms in total. The Morgan fingerprint density at radius 1 is 1.28 bits per heavy atom. The van der Waals surface area contributed by atoms with Gasteiger partial charge in [0.1, 0.15) is 10.8 Å². The maximum Gasteiger partial charge on any atom is 0.147 e. The maximum atomic E-state index is 14.1. The number of benzene rings is 1. The molecule has 0 spiro atoms. The van der Waals surface area contributed by atoms with E-state index in [1.54, 1.807) is 12.1 Å². The van der Waals surface area contributed by atoms with Crippen LogP contribution in [0.4, 0.5) is 10.1 Å². The number of thiocarbonyl (C=S) groups is 1. The van der Waals surface area contributed by atoms with E-state index in [-0.39, 0.29) is 10.8 Å². The van der Waals surface area contributed by atoms with E-state index in [9.17, 15) is 4.39 Å². The summed E-state index contributed by atoms with van der Waals surface area (Å²) in [6.45, 7) is 3.74. The molecule has 5 heteroatoms. The lowest BCUT2D eigenvalue weighted by Crippen LogP contribution is -2.29. The standard InChI is InChI=1S/C13H18FN3S/c1-16-5-2-6-17(8-7-16)12-4-3-10(13(15)18)9-11(12)14/h3-4,9H,2,5-8H2,1H3,(H2,15,18). The van der Waals surface area contributed by atoms with Gasteiger partial charge in [0.15, 0.2) is 0 Å². The van der Waals surface area contributed by atoms with Crippen LogP contribution in [-0.4, -0.2) is 43.1 Å². The second-order valence-electron chi connectivity index (χ2n) is 4.67. The Morgan fingerprint density at radius 3 is 2.72 bits per heavy atom. The van der Waals surface area contributed by atoms with Crippen LogP contribution in [0, 0.1) is 5.82 Å². The van der Waals surface area contributed by atoms with Gasteiger partial charge in [0.05, 0.1) is 5.69 Å². The highest BCUT2D eigenvalue weighted by Gasteiger charge is 2.16. The number of hydrogen-bond donors (Lipinski definition) is 1. The SMILES string of the molecule is CN1CCCN(c2ccc(C(N)=S)cc2F)CC1. The van der Waals surface area contributed by atoms with E-state index in [1.165, 1.54) is 6.07 Å². The molecule has 0 saturated carbocycles. The molecule has 0 bridgehead atoms. The minimum atomic E-state index is -0.246. The van der Waals surface area contributed by atoms with Gasteiger partial charge in [0, 0.05) is 25.2 Å². The van der Waals surface area contributed by atoms with Crippen LogP contribution in [0.5, 0.6) is 0 Å². The van der Waals surface area contributed by atoms with E-state index in [1.807, 2.05) is 0 Å². The van der Waals surface area contributed by atoms with Crippen LogP contribution in [-0.2, 0) is 0 Å². The van der Waals surface area contributed by atoms with E-state index in [0.717, 1.165) is 32.6 Å². The zero-order valence-electron chi connectivity index (χ0n) is 10.5. The lowest BCUT2D eigenvalue weighted by molar-refractivity contribution is 0.360. The summed E-state index contributed by atoms with van der Waals surface area (Å²) >= 11 is 4.85. The van der Waals surface area contributed by atoms with E-state index in [4.69, 9.17) is 18.0 Å². The van der Waals surface area contributed by atoms with Crippen molar-refractivity contribution in [2.45, 2.75) is 6.42 Å². The van der Waals surface area contributed by atoms with Crippen molar-refractivity contribution in [3.8, 4) is 0 Å². The minimum absolute atomic E-state index is 0.232. The zero-order chi connectivity index (χ0) is 13.1. The van der Waals surface area contributed by atoms with Gasteiger partial charge in [-0.3, -0.25) is 0 Å². The Balaban J connectivity index is 2.20. The highest BCUT2D eigenvalue weighted by Crippen LogP contribution is 2.21. The first kappa shape index (κ1) is 13.2. The molecular formula is C13H18FN3S. The van der Waals surface area contributed by atoms with Gasteiger partial charge in [-0.25, -0.2) is 4.39 Å². The molecule has 2 N–H and O–H groups in total. The van der Waals surface area contributed by atoms with Gasteiger partial charge in [0.25, 0.3) is 0 Å². The molecule has 0 radical (unpaired) electrons. The summed E-state index contributed by atoms with van der Waals surface area (Å²) in [5, 5.41) is 0. The molecule has 0 aliphatic carbocycles. The highest BCUT2D eigenvalue weighted by molar-refractivity contribution is 7.80. The van der Waals surface area contributed by atoms with Crippen LogP contribution in [0.2, 0.25) is 0 Å². The number of hydrogen-bond acceptors (Lipinski definition) is 3. The monoisotopic (exact) mass is 267 g/mol. The molecule has 1 aromatic carbocycles. The molecule has 2 rings (SSSR count). The minimum Gasteiger partial charge on any atom is -0.389 e. The third kappa shape index (κ3) is 2.97. The first-order valence-electron chi connectivity index (χ1n) is 6.11. The van der Waals surface area contributed by atoms with Crippen molar-refractivity contribution < 1.29 is 4.39 Å². The molecule has 0 atom stereocenters. The lowest BCUT2D eigenvalue weighted by Gasteiger charge is -2.23. The van der Waals surface area contributed by atoms with Crippen molar-refractivity contribution in [2.24, 2.45) is 5.73 Å². The Labute approximate surface area is 112 Å². The molecule has 98 valence electrons. The van der Waals surface area contributed by atoms with Crippen LogP contribution in [0.25, 0.3) is 0 Å². The molecule has 18 heavy (non-hydrogen) atoms. The molecule has 1 saturated heterocycles. The Hall–Kier alpha value is -1.20. The van der Waals surface area contributed by atoms with Crippen molar-refractivity contribution in [3.05, 3.63) is 29.6 Å². The largest absolute Gasteiger partial charge is 0.389 e.